The van der Waals surface area contributed by atoms with Crippen molar-refractivity contribution in [1.29, 1.82) is 0 Å². The first-order chi connectivity index (χ1) is 12.8. The van der Waals surface area contributed by atoms with E-state index in [-0.39, 0.29) is 0 Å². The van der Waals surface area contributed by atoms with Crippen molar-refractivity contribution >= 4 is 0 Å². The van der Waals surface area contributed by atoms with Crippen LogP contribution in [0.2, 0.25) is 0 Å². The third kappa shape index (κ3) is 4.70. The van der Waals surface area contributed by atoms with Crippen LogP contribution in [0.25, 0.3) is 0 Å². The van der Waals surface area contributed by atoms with E-state index in [0.717, 1.165) is 17.4 Å². The SMILES string of the molecule is CCCC1CCC(C2(CCC)C=CC(C#Cc3ccccc3)=CC2)CC1. The van der Waals surface area contributed by atoms with Gasteiger partial charge in [0.2, 0.25) is 0 Å². The lowest BCUT2D eigenvalue weighted by molar-refractivity contribution is 0.129. The first-order valence-electron chi connectivity index (χ1n) is 10.7. The Bertz CT molecular complexity index is 674. The van der Waals surface area contributed by atoms with Crippen LogP contribution in [0.3, 0.4) is 0 Å². The molecule has 1 unspecified atom stereocenters. The van der Waals surface area contributed by atoms with Gasteiger partial charge in [0.15, 0.2) is 0 Å². The molecule has 0 aliphatic heterocycles. The molecule has 3 rings (SSSR count). The molecule has 0 N–H and O–H groups in total. The molecule has 0 radical (unpaired) electrons. The molecular weight excluding hydrogens is 312 g/mol. The highest BCUT2D eigenvalue weighted by atomic mass is 14.4. The van der Waals surface area contributed by atoms with Gasteiger partial charge in [0.1, 0.15) is 0 Å². The highest BCUT2D eigenvalue weighted by Crippen LogP contribution is 2.49. The standard InChI is InChI=1S/C26H34/c1-3-8-22-13-15-25(16-14-22)26(19-4-2)20-17-24(18-21-26)12-11-23-9-6-5-7-10-23/h5-7,9-10,17-18,20,22,25H,3-4,8,13-16,19,21H2,1-2H3. The fraction of sp³-hybridized carbons (Fsp3) is 0.538. The predicted octanol–water partition coefficient (Wildman–Crippen LogP) is 7.32. The summed E-state index contributed by atoms with van der Waals surface area (Å²) in [5, 5.41) is 0. The summed E-state index contributed by atoms with van der Waals surface area (Å²) < 4.78 is 0. The van der Waals surface area contributed by atoms with Crippen LogP contribution in [0.5, 0.6) is 0 Å². The van der Waals surface area contributed by atoms with E-state index in [1.54, 1.807) is 0 Å². The Kier molecular flexibility index (Phi) is 6.79. The largest absolute Gasteiger partial charge is 0.0765 e. The summed E-state index contributed by atoms with van der Waals surface area (Å²) in [6, 6.07) is 10.3. The van der Waals surface area contributed by atoms with Gasteiger partial charge in [-0.2, -0.15) is 0 Å². The van der Waals surface area contributed by atoms with Gasteiger partial charge in [0.05, 0.1) is 0 Å². The molecule has 1 aromatic carbocycles. The molecule has 0 heteroatoms. The molecule has 26 heavy (non-hydrogen) atoms. The Hall–Kier alpha value is -1.74. The summed E-state index contributed by atoms with van der Waals surface area (Å²) in [5.74, 6) is 8.53. The average Bonchev–Trinajstić information content (AvgIpc) is 2.69. The molecular formula is C26H34. The minimum absolute atomic E-state index is 0.393. The first-order valence-corrected chi connectivity index (χ1v) is 10.7. The molecule has 0 nitrogen and oxygen atoms in total. The van der Waals surface area contributed by atoms with Crippen LogP contribution in [0.1, 0.15) is 77.2 Å². The van der Waals surface area contributed by atoms with Crippen LogP contribution in [-0.4, -0.2) is 0 Å². The minimum Gasteiger partial charge on any atom is -0.0765 e. The van der Waals surface area contributed by atoms with E-state index in [0.29, 0.717) is 5.41 Å². The van der Waals surface area contributed by atoms with E-state index >= 15 is 0 Å². The Morgan fingerprint density at radius 3 is 2.35 bits per heavy atom. The van der Waals surface area contributed by atoms with E-state index in [9.17, 15) is 0 Å². The van der Waals surface area contributed by atoms with Gasteiger partial charge in [-0.3, -0.25) is 0 Å². The zero-order valence-electron chi connectivity index (χ0n) is 16.6. The van der Waals surface area contributed by atoms with Crippen LogP contribution in [0.4, 0.5) is 0 Å². The summed E-state index contributed by atoms with van der Waals surface area (Å²) in [4.78, 5) is 0. The van der Waals surface area contributed by atoms with Gasteiger partial charge >= 0.3 is 0 Å². The predicted molar refractivity (Wildman–Crippen MR) is 113 cm³/mol. The Labute approximate surface area is 160 Å². The van der Waals surface area contributed by atoms with E-state index in [1.165, 1.54) is 63.4 Å². The van der Waals surface area contributed by atoms with Crippen molar-refractivity contribution < 1.29 is 0 Å². The monoisotopic (exact) mass is 346 g/mol. The van der Waals surface area contributed by atoms with Gasteiger partial charge in [-0.05, 0) is 55.1 Å². The van der Waals surface area contributed by atoms with E-state index in [1.807, 2.05) is 6.07 Å². The molecule has 0 bridgehead atoms. The van der Waals surface area contributed by atoms with Crippen molar-refractivity contribution in [3.63, 3.8) is 0 Å². The molecule has 2 aliphatic carbocycles. The topological polar surface area (TPSA) is 0 Å². The van der Waals surface area contributed by atoms with Crippen molar-refractivity contribution in [2.24, 2.45) is 17.3 Å². The number of rotatable bonds is 5. The van der Waals surface area contributed by atoms with E-state index < -0.39 is 0 Å². The van der Waals surface area contributed by atoms with Crippen LogP contribution in [0, 0.1) is 29.1 Å². The highest BCUT2D eigenvalue weighted by Gasteiger charge is 2.38. The van der Waals surface area contributed by atoms with Gasteiger partial charge < -0.3 is 0 Å². The normalized spacial score (nSPS) is 28.2. The maximum absolute atomic E-state index is 3.37. The second kappa shape index (κ2) is 9.27. The molecule has 1 aromatic rings. The summed E-state index contributed by atoms with van der Waals surface area (Å²) >= 11 is 0. The van der Waals surface area contributed by atoms with Crippen LogP contribution in [0.15, 0.2) is 54.1 Å². The molecule has 1 atom stereocenters. The zero-order valence-corrected chi connectivity index (χ0v) is 16.6. The highest BCUT2D eigenvalue weighted by molar-refractivity contribution is 5.46. The van der Waals surface area contributed by atoms with Crippen molar-refractivity contribution in [1.82, 2.24) is 0 Å². The molecule has 2 aliphatic rings. The summed E-state index contributed by atoms with van der Waals surface area (Å²) in [7, 11) is 0. The quantitative estimate of drug-likeness (QED) is 0.490. The lowest BCUT2D eigenvalue weighted by Crippen LogP contribution is -2.32. The van der Waals surface area contributed by atoms with Crippen molar-refractivity contribution in [2.75, 3.05) is 0 Å². The number of benzene rings is 1. The minimum atomic E-state index is 0.393. The van der Waals surface area contributed by atoms with Crippen LogP contribution < -0.4 is 0 Å². The summed E-state index contributed by atoms with van der Waals surface area (Å²) in [5.41, 5.74) is 2.69. The summed E-state index contributed by atoms with van der Waals surface area (Å²) in [6.45, 7) is 4.67. The van der Waals surface area contributed by atoms with Gasteiger partial charge in [-0.15, -0.1) is 0 Å². The molecule has 1 saturated carbocycles. The van der Waals surface area contributed by atoms with Gasteiger partial charge in [0.25, 0.3) is 0 Å². The molecule has 0 saturated heterocycles. The molecule has 138 valence electrons. The van der Waals surface area contributed by atoms with Crippen molar-refractivity contribution in [2.45, 2.75) is 71.6 Å². The lowest BCUT2D eigenvalue weighted by atomic mass is 9.61. The van der Waals surface area contributed by atoms with Crippen molar-refractivity contribution in [3.8, 4) is 11.8 Å². The average molecular weight is 347 g/mol. The second-order valence-corrected chi connectivity index (χ2v) is 8.30. The van der Waals surface area contributed by atoms with Gasteiger partial charge in [-0.25, -0.2) is 0 Å². The number of allylic oxidation sites excluding steroid dienone is 4. The summed E-state index contributed by atoms with van der Waals surface area (Å²) in [6.07, 6.45) is 19.6. The third-order valence-electron chi connectivity index (χ3n) is 6.49. The maximum Gasteiger partial charge on any atom is 0.0249 e. The number of hydrogen-bond acceptors (Lipinski definition) is 0. The van der Waals surface area contributed by atoms with Gasteiger partial charge in [0, 0.05) is 11.1 Å². The fourth-order valence-corrected chi connectivity index (χ4v) is 5.04. The first kappa shape index (κ1) is 19.0. The smallest absolute Gasteiger partial charge is 0.0249 e. The molecule has 0 spiro atoms. The van der Waals surface area contributed by atoms with Crippen LogP contribution >= 0.6 is 0 Å². The molecule has 1 fully saturated rings. The van der Waals surface area contributed by atoms with E-state index in [4.69, 9.17) is 0 Å². The lowest BCUT2D eigenvalue weighted by Gasteiger charge is -2.43. The fourth-order valence-electron chi connectivity index (χ4n) is 5.04. The molecule has 0 aromatic heterocycles. The van der Waals surface area contributed by atoms with Gasteiger partial charge in [-0.1, -0.05) is 94.2 Å². The Morgan fingerprint density at radius 1 is 0.962 bits per heavy atom. The molecule has 0 amide bonds. The Balaban J connectivity index is 1.66. The Morgan fingerprint density at radius 2 is 1.73 bits per heavy atom. The van der Waals surface area contributed by atoms with E-state index in [2.05, 4.69) is 68.2 Å². The zero-order chi connectivity index (χ0) is 18.2. The van der Waals surface area contributed by atoms with Crippen molar-refractivity contribution in [3.05, 3.63) is 59.7 Å². The third-order valence-corrected chi connectivity index (χ3v) is 6.49. The number of hydrogen-bond donors (Lipinski definition) is 0. The molecule has 0 heterocycles. The van der Waals surface area contributed by atoms with Crippen LogP contribution in [-0.2, 0) is 0 Å². The maximum atomic E-state index is 3.37. The second-order valence-electron chi connectivity index (χ2n) is 8.30.